The minimum absolute atomic E-state index is 0.785. The Hall–Kier alpha value is 0.0400. The van der Waals surface area contributed by atoms with Crippen molar-refractivity contribution in [3.63, 3.8) is 0 Å². The molecule has 0 saturated carbocycles. The van der Waals surface area contributed by atoms with Crippen LogP contribution in [0, 0.1) is 6.92 Å². The summed E-state index contributed by atoms with van der Waals surface area (Å²) in [5.74, 6) is 0. The first-order valence-corrected chi connectivity index (χ1v) is 4.32. The van der Waals surface area contributed by atoms with E-state index in [1.165, 1.54) is 5.56 Å². The molecule has 0 amide bonds. The summed E-state index contributed by atoms with van der Waals surface area (Å²) in [5, 5.41) is 0.785. The fraction of sp³-hybridized carbons (Fsp3) is 0.143. The van der Waals surface area contributed by atoms with E-state index in [4.69, 9.17) is 11.6 Å². The van der Waals surface area contributed by atoms with Crippen molar-refractivity contribution in [1.82, 2.24) is 0 Å². The van der Waals surface area contributed by atoms with Gasteiger partial charge in [0.1, 0.15) is 0 Å². The second kappa shape index (κ2) is 3.44. The Labute approximate surface area is 79.3 Å². The molecule has 0 saturated heterocycles. The molecule has 10 heavy (non-hydrogen) atoms. The van der Waals surface area contributed by atoms with E-state index in [-0.39, 0.29) is 0 Å². The largest absolute Gasteiger partial charge is 0.328 e. The van der Waals surface area contributed by atoms with E-state index in [1.807, 2.05) is 25.1 Å². The van der Waals surface area contributed by atoms with Gasteiger partial charge in [-0.3, -0.25) is 0 Å². The fourth-order valence-electron chi connectivity index (χ4n) is 0.733. The molecule has 54 valence electrons. The van der Waals surface area contributed by atoms with Gasteiger partial charge >= 0.3 is 0 Å². The Morgan fingerprint density at radius 2 is 2.20 bits per heavy atom. The first-order valence-electron chi connectivity index (χ1n) is 2.87. The Morgan fingerprint density at radius 3 is 2.70 bits per heavy atom. The van der Waals surface area contributed by atoms with Crippen molar-refractivity contribution in [2.45, 2.75) is 6.92 Å². The average Bonchev–Trinajstić information content (AvgIpc) is 1.88. The zero-order valence-corrected chi connectivity index (χ0v) is 8.40. The highest BCUT2D eigenvalue weighted by atomic mass is 127. The standard InChI is InChI=1S/C7H7ClIN/c1-5-4-6(8)2-3-7(5)10-9/h2-4,10H,1H3. The number of rotatable bonds is 1. The van der Waals surface area contributed by atoms with Crippen LogP contribution in [0.4, 0.5) is 5.69 Å². The van der Waals surface area contributed by atoms with Gasteiger partial charge in [-0.15, -0.1) is 0 Å². The van der Waals surface area contributed by atoms with Crippen LogP contribution in [0.2, 0.25) is 5.02 Å². The maximum atomic E-state index is 5.74. The van der Waals surface area contributed by atoms with Crippen LogP contribution in [0.15, 0.2) is 18.2 Å². The molecule has 1 rings (SSSR count). The highest BCUT2D eigenvalue weighted by Crippen LogP contribution is 2.20. The van der Waals surface area contributed by atoms with Gasteiger partial charge in [-0.2, -0.15) is 0 Å². The first-order chi connectivity index (χ1) is 4.74. The number of hydrogen-bond acceptors (Lipinski definition) is 1. The van der Waals surface area contributed by atoms with Gasteiger partial charge in [0.05, 0.1) is 22.9 Å². The summed E-state index contributed by atoms with van der Waals surface area (Å²) in [6.07, 6.45) is 0. The highest BCUT2D eigenvalue weighted by molar-refractivity contribution is 14.1. The minimum atomic E-state index is 0.785. The molecule has 0 aromatic heterocycles. The number of benzene rings is 1. The number of nitrogens with one attached hydrogen (secondary N) is 1. The summed E-state index contributed by atoms with van der Waals surface area (Å²) in [6, 6.07) is 5.77. The Balaban J connectivity index is 3.07. The van der Waals surface area contributed by atoms with E-state index in [2.05, 4.69) is 26.4 Å². The van der Waals surface area contributed by atoms with Gasteiger partial charge in [-0.25, -0.2) is 0 Å². The molecule has 0 heterocycles. The van der Waals surface area contributed by atoms with Gasteiger partial charge in [0.15, 0.2) is 0 Å². The van der Waals surface area contributed by atoms with Gasteiger partial charge in [0.25, 0.3) is 0 Å². The fourth-order valence-corrected chi connectivity index (χ4v) is 1.56. The van der Waals surface area contributed by atoms with Crippen LogP contribution in [-0.2, 0) is 0 Å². The van der Waals surface area contributed by atoms with E-state index < -0.39 is 0 Å². The van der Waals surface area contributed by atoms with Crippen molar-refractivity contribution < 1.29 is 0 Å². The van der Waals surface area contributed by atoms with Gasteiger partial charge in [0, 0.05) is 10.7 Å². The SMILES string of the molecule is Cc1cc(Cl)ccc1NI. The summed E-state index contributed by atoms with van der Waals surface area (Å²) < 4.78 is 3.03. The molecule has 0 radical (unpaired) electrons. The number of hydrogen-bond donors (Lipinski definition) is 1. The van der Waals surface area contributed by atoms with Crippen molar-refractivity contribution in [2.24, 2.45) is 0 Å². The zero-order chi connectivity index (χ0) is 7.56. The van der Waals surface area contributed by atoms with E-state index in [0.717, 1.165) is 10.7 Å². The molecule has 0 bridgehead atoms. The molecular formula is C7H7ClIN. The predicted molar refractivity (Wildman–Crippen MR) is 53.8 cm³/mol. The number of anilines is 1. The quantitative estimate of drug-likeness (QED) is 0.607. The molecule has 1 N–H and O–H groups in total. The van der Waals surface area contributed by atoms with Crippen molar-refractivity contribution in [2.75, 3.05) is 3.53 Å². The van der Waals surface area contributed by atoms with Gasteiger partial charge in [-0.05, 0) is 30.7 Å². The Bertz CT molecular complexity index is 237. The van der Waals surface area contributed by atoms with E-state index >= 15 is 0 Å². The lowest BCUT2D eigenvalue weighted by Crippen LogP contribution is -1.82. The van der Waals surface area contributed by atoms with Crippen molar-refractivity contribution >= 4 is 40.2 Å². The summed E-state index contributed by atoms with van der Waals surface area (Å²) in [4.78, 5) is 0. The second-order valence-corrected chi connectivity index (χ2v) is 3.03. The molecule has 1 aromatic carbocycles. The molecule has 0 fully saturated rings. The smallest absolute Gasteiger partial charge is 0.0560 e. The summed E-state index contributed by atoms with van der Waals surface area (Å²) in [6.45, 7) is 2.02. The minimum Gasteiger partial charge on any atom is -0.328 e. The highest BCUT2D eigenvalue weighted by Gasteiger charge is 1.94. The van der Waals surface area contributed by atoms with Crippen LogP contribution in [0.1, 0.15) is 5.56 Å². The molecule has 0 spiro atoms. The maximum absolute atomic E-state index is 5.74. The van der Waals surface area contributed by atoms with Crippen molar-refractivity contribution in [1.29, 1.82) is 0 Å². The molecule has 0 aliphatic rings. The first kappa shape index (κ1) is 8.14. The lowest BCUT2D eigenvalue weighted by atomic mass is 10.2. The van der Waals surface area contributed by atoms with Gasteiger partial charge in [0.2, 0.25) is 0 Å². The molecular weight excluding hydrogens is 260 g/mol. The lowest BCUT2D eigenvalue weighted by Gasteiger charge is -2.01. The lowest BCUT2D eigenvalue weighted by molar-refractivity contribution is 1.48. The summed E-state index contributed by atoms with van der Waals surface area (Å²) >= 11 is 7.84. The molecule has 0 unspecified atom stereocenters. The van der Waals surface area contributed by atoms with Crippen LogP contribution in [0.25, 0.3) is 0 Å². The third-order valence-electron chi connectivity index (χ3n) is 1.29. The third kappa shape index (κ3) is 1.76. The van der Waals surface area contributed by atoms with Crippen LogP contribution in [-0.4, -0.2) is 0 Å². The third-order valence-corrected chi connectivity index (χ3v) is 2.11. The van der Waals surface area contributed by atoms with Crippen LogP contribution in [0.3, 0.4) is 0 Å². The van der Waals surface area contributed by atoms with Gasteiger partial charge < -0.3 is 3.53 Å². The zero-order valence-electron chi connectivity index (χ0n) is 5.49. The van der Waals surface area contributed by atoms with Crippen LogP contribution in [0.5, 0.6) is 0 Å². The maximum Gasteiger partial charge on any atom is 0.0560 e. The van der Waals surface area contributed by atoms with E-state index in [9.17, 15) is 0 Å². The van der Waals surface area contributed by atoms with E-state index in [1.54, 1.807) is 0 Å². The average molecular weight is 267 g/mol. The topological polar surface area (TPSA) is 12.0 Å². The van der Waals surface area contributed by atoms with Crippen molar-refractivity contribution in [3.05, 3.63) is 28.8 Å². The molecule has 0 aliphatic carbocycles. The second-order valence-electron chi connectivity index (χ2n) is 2.05. The van der Waals surface area contributed by atoms with Crippen molar-refractivity contribution in [3.8, 4) is 0 Å². The molecule has 1 aromatic rings. The molecule has 0 aliphatic heterocycles. The van der Waals surface area contributed by atoms with E-state index in [0.29, 0.717) is 0 Å². The summed E-state index contributed by atoms with van der Waals surface area (Å²) in [7, 11) is 0. The van der Waals surface area contributed by atoms with Crippen LogP contribution >= 0.6 is 34.5 Å². The molecule has 1 nitrogen and oxygen atoms in total. The normalized spacial score (nSPS) is 9.50. The Morgan fingerprint density at radius 1 is 1.50 bits per heavy atom. The molecule has 0 atom stereocenters. The number of aryl methyl sites for hydroxylation is 1. The van der Waals surface area contributed by atoms with Gasteiger partial charge in [-0.1, -0.05) is 11.6 Å². The Kier molecular flexibility index (Phi) is 2.80. The number of halogens is 2. The molecule has 3 heteroatoms. The summed E-state index contributed by atoms with van der Waals surface area (Å²) in [5.41, 5.74) is 2.28. The predicted octanol–water partition coefficient (Wildman–Crippen LogP) is 3.41. The van der Waals surface area contributed by atoms with Crippen LogP contribution < -0.4 is 3.53 Å². The monoisotopic (exact) mass is 267 g/mol.